The molecular weight excluding hydrogens is 280 g/mol. The third kappa shape index (κ3) is 3.14. The minimum atomic E-state index is -0.393. The first-order chi connectivity index (χ1) is 10.8. The molecule has 1 aliphatic rings. The van der Waals surface area contributed by atoms with Gasteiger partial charge in [0.1, 0.15) is 11.9 Å². The van der Waals surface area contributed by atoms with Gasteiger partial charge < -0.3 is 10.2 Å². The van der Waals surface area contributed by atoms with E-state index in [0.29, 0.717) is 12.2 Å². The van der Waals surface area contributed by atoms with Gasteiger partial charge in [-0.25, -0.2) is 4.68 Å². The van der Waals surface area contributed by atoms with E-state index in [9.17, 15) is 4.79 Å². The Morgan fingerprint density at radius 1 is 1.27 bits per heavy atom. The Morgan fingerprint density at radius 2 is 2.00 bits per heavy atom. The van der Waals surface area contributed by atoms with E-state index >= 15 is 0 Å². The second-order valence-corrected chi connectivity index (χ2v) is 5.45. The summed E-state index contributed by atoms with van der Waals surface area (Å²) in [6, 6.07) is 9.59. The Balaban J connectivity index is 1.85. The summed E-state index contributed by atoms with van der Waals surface area (Å²) in [6.07, 6.45) is 0.593. The summed E-state index contributed by atoms with van der Waals surface area (Å²) in [6.45, 7) is 4.94. The first-order valence-corrected chi connectivity index (χ1v) is 7.53. The van der Waals surface area contributed by atoms with Crippen LogP contribution in [0.5, 0.6) is 0 Å². The first kappa shape index (κ1) is 14.6. The molecule has 7 heteroatoms. The Kier molecular flexibility index (Phi) is 4.43. The zero-order chi connectivity index (χ0) is 15.4. The van der Waals surface area contributed by atoms with E-state index in [0.717, 1.165) is 31.7 Å². The summed E-state index contributed by atoms with van der Waals surface area (Å²) in [7, 11) is 0. The lowest BCUT2D eigenvalue weighted by Gasteiger charge is -2.31. The fraction of sp³-hybridized carbons (Fsp3) is 0.467. The number of amides is 1. The standard InChI is InChI=1S/C15H20N6O/c1-12-17-18-19-21(12)14(11-13-5-3-2-4-6-13)15(22)20-9-7-16-8-10-20/h2-6,14,16H,7-11H2,1H3. The molecule has 22 heavy (non-hydrogen) atoms. The van der Waals surface area contributed by atoms with Crippen LogP contribution in [0.4, 0.5) is 0 Å². The number of aryl methyl sites for hydroxylation is 1. The van der Waals surface area contributed by atoms with Crippen LogP contribution in [-0.4, -0.2) is 57.2 Å². The smallest absolute Gasteiger partial charge is 0.248 e. The van der Waals surface area contributed by atoms with Crippen LogP contribution in [0.1, 0.15) is 17.4 Å². The van der Waals surface area contributed by atoms with Gasteiger partial charge in [0.05, 0.1) is 0 Å². The number of piperazine rings is 1. The van der Waals surface area contributed by atoms with Gasteiger partial charge in [-0.15, -0.1) is 5.10 Å². The fourth-order valence-electron chi connectivity index (χ4n) is 2.74. The van der Waals surface area contributed by atoms with Crippen molar-refractivity contribution >= 4 is 5.91 Å². The van der Waals surface area contributed by atoms with Crippen molar-refractivity contribution in [2.45, 2.75) is 19.4 Å². The van der Waals surface area contributed by atoms with Gasteiger partial charge in [-0.1, -0.05) is 30.3 Å². The van der Waals surface area contributed by atoms with E-state index in [2.05, 4.69) is 20.8 Å². The molecule has 1 N–H and O–H groups in total. The predicted molar refractivity (Wildman–Crippen MR) is 81.2 cm³/mol. The number of nitrogens with zero attached hydrogens (tertiary/aromatic N) is 5. The Labute approximate surface area is 129 Å². The van der Waals surface area contributed by atoms with Gasteiger partial charge >= 0.3 is 0 Å². The van der Waals surface area contributed by atoms with E-state index < -0.39 is 6.04 Å². The molecule has 2 aromatic rings. The molecule has 1 fully saturated rings. The SMILES string of the molecule is Cc1nnnn1C(Cc1ccccc1)C(=O)N1CCNCC1. The van der Waals surface area contributed by atoms with E-state index in [4.69, 9.17) is 0 Å². The second-order valence-electron chi connectivity index (χ2n) is 5.45. The molecule has 7 nitrogen and oxygen atoms in total. The van der Waals surface area contributed by atoms with Gasteiger partial charge in [-0.3, -0.25) is 4.79 Å². The maximum Gasteiger partial charge on any atom is 0.248 e. The molecule has 0 spiro atoms. The molecule has 1 aromatic carbocycles. The van der Waals surface area contributed by atoms with Crippen LogP contribution >= 0.6 is 0 Å². The van der Waals surface area contributed by atoms with E-state index in [1.165, 1.54) is 0 Å². The highest BCUT2D eigenvalue weighted by Crippen LogP contribution is 2.18. The molecule has 1 unspecified atom stereocenters. The number of hydrogen-bond acceptors (Lipinski definition) is 5. The Bertz CT molecular complexity index is 620. The number of carbonyl (C=O) groups excluding carboxylic acids is 1. The number of benzene rings is 1. The summed E-state index contributed by atoms with van der Waals surface area (Å²) in [5, 5.41) is 14.9. The van der Waals surface area contributed by atoms with Crippen LogP contribution in [0.2, 0.25) is 0 Å². The fourth-order valence-corrected chi connectivity index (χ4v) is 2.74. The zero-order valence-electron chi connectivity index (χ0n) is 12.6. The Hall–Kier alpha value is -2.28. The number of nitrogens with one attached hydrogen (secondary N) is 1. The highest BCUT2D eigenvalue weighted by molar-refractivity contribution is 5.81. The number of rotatable bonds is 4. The minimum Gasteiger partial charge on any atom is -0.338 e. The molecule has 0 radical (unpaired) electrons. The lowest BCUT2D eigenvalue weighted by molar-refractivity contribution is -0.135. The van der Waals surface area contributed by atoms with Crippen molar-refractivity contribution in [2.24, 2.45) is 0 Å². The monoisotopic (exact) mass is 300 g/mol. The average Bonchev–Trinajstić information content (AvgIpc) is 3.00. The molecule has 1 saturated heterocycles. The van der Waals surface area contributed by atoms with Crippen LogP contribution in [0.15, 0.2) is 30.3 Å². The summed E-state index contributed by atoms with van der Waals surface area (Å²) < 4.78 is 1.64. The number of tetrazole rings is 1. The van der Waals surface area contributed by atoms with Crippen molar-refractivity contribution in [3.8, 4) is 0 Å². The van der Waals surface area contributed by atoms with Crippen molar-refractivity contribution in [1.29, 1.82) is 0 Å². The largest absolute Gasteiger partial charge is 0.338 e. The van der Waals surface area contributed by atoms with E-state index in [-0.39, 0.29) is 5.91 Å². The van der Waals surface area contributed by atoms with Gasteiger partial charge in [-0.05, 0) is 22.9 Å². The normalized spacial score (nSPS) is 16.5. The van der Waals surface area contributed by atoms with Gasteiger partial charge in [0.25, 0.3) is 0 Å². The summed E-state index contributed by atoms with van der Waals surface area (Å²) in [5.41, 5.74) is 1.10. The molecule has 0 bridgehead atoms. The predicted octanol–water partition coefficient (Wildman–Crippen LogP) is 0.197. The van der Waals surface area contributed by atoms with Crippen molar-refractivity contribution in [3.05, 3.63) is 41.7 Å². The van der Waals surface area contributed by atoms with Crippen LogP contribution in [0.3, 0.4) is 0 Å². The Morgan fingerprint density at radius 3 is 2.64 bits per heavy atom. The van der Waals surface area contributed by atoms with Gasteiger partial charge in [-0.2, -0.15) is 0 Å². The summed E-state index contributed by atoms with van der Waals surface area (Å²) >= 11 is 0. The van der Waals surface area contributed by atoms with Crippen LogP contribution in [0.25, 0.3) is 0 Å². The topological polar surface area (TPSA) is 75.9 Å². The number of hydrogen-bond donors (Lipinski definition) is 1. The van der Waals surface area contributed by atoms with Gasteiger partial charge in [0.2, 0.25) is 5.91 Å². The molecule has 1 atom stereocenters. The highest BCUT2D eigenvalue weighted by Gasteiger charge is 2.29. The van der Waals surface area contributed by atoms with Crippen LogP contribution < -0.4 is 5.32 Å². The maximum absolute atomic E-state index is 12.9. The molecule has 1 amide bonds. The van der Waals surface area contributed by atoms with E-state index in [1.807, 2.05) is 42.2 Å². The maximum atomic E-state index is 12.9. The molecule has 1 aliphatic heterocycles. The van der Waals surface area contributed by atoms with Crippen molar-refractivity contribution in [3.63, 3.8) is 0 Å². The molecule has 0 aliphatic carbocycles. The molecule has 3 rings (SSSR count). The molecule has 0 saturated carbocycles. The highest BCUT2D eigenvalue weighted by atomic mass is 16.2. The molecule has 1 aromatic heterocycles. The third-order valence-electron chi connectivity index (χ3n) is 3.94. The number of aromatic nitrogens is 4. The van der Waals surface area contributed by atoms with Gasteiger partial charge in [0, 0.05) is 32.6 Å². The van der Waals surface area contributed by atoms with Crippen molar-refractivity contribution in [2.75, 3.05) is 26.2 Å². The van der Waals surface area contributed by atoms with Gasteiger partial charge in [0.15, 0.2) is 0 Å². The first-order valence-electron chi connectivity index (χ1n) is 7.53. The molecular formula is C15H20N6O. The lowest BCUT2D eigenvalue weighted by Crippen LogP contribution is -2.49. The second kappa shape index (κ2) is 6.65. The summed E-state index contributed by atoms with van der Waals surface area (Å²) in [5.74, 6) is 0.741. The van der Waals surface area contributed by atoms with Crippen molar-refractivity contribution < 1.29 is 4.79 Å². The lowest BCUT2D eigenvalue weighted by atomic mass is 10.0. The number of carbonyl (C=O) groups is 1. The third-order valence-corrected chi connectivity index (χ3v) is 3.94. The summed E-state index contributed by atoms with van der Waals surface area (Å²) in [4.78, 5) is 14.8. The zero-order valence-corrected chi connectivity index (χ0v) is 12.6. The minimum absolute atomic E-state index is 0.0840. The average molecular weight is 300 g/mol. The van der Waals surface area contributed by atoms with E-state index in [1.54, 1.807) is 4.68 Å². The molecule has 2 heterocycles. The van der Waals surface area contributed by atoms with Crippen LogP contribution in [0, 0.1) is 6.92 Å². The van der Waals surface area contributed by atoms with Crippen LogP contribution in [-0.2, 0) is 11.2 Å². The molecule has 116 valence electrons. The van der Waals surface area contributed by atoms with Crippen molar-refractivity contribution in [1.82, 2.24) is 30.4 Å². The quantitative estimate of drug-likeness (QED) is 0.873.